The zero-order valence-electron chi connectivity index (χ0n) is 13.9. The molecule has 0 unspecified atom stereocenters. The molecule has 2 aromatic rings. The van der Waals surface area contributed by atoms with Crippen molar-refractivity contribution >= 4 is 11.8 Å². The van der Waals surface area contributed by atoms with Crippen LogP contribution in [-0.2, 0) is 6.54 Å². The van der Waals surface area contributed by atoms with E-state index in [-0.39, 0.29) is 0 Å². The molecule has 2 N–H and O–H groups in total. The van der Waals surface area contributed by atoms with Crippen LogP contribution in [0.2, 0.25) is 0 Å². The Hall–Kier alpha value is -1.26. The van der Waals surface area contributed by atoms with E-state index in [0.29, 0.717) is 12.5 Å². The monoisotopic (exact) mass is 317 g/mol. The number of aromatic nitrogens is 2. The Morgan fingerprint density at radius 1 is 1.23 bits per heavy atom. The lowest BCUT2D eigenvalue weighted by Gasteiger charge is -2.14. The Balaban J connectivity index is 2.53. The van der Waals surface area contributed by atoms with Gasteiger partial charge in [0.05, 0.1) is 5.69 Å². The molecular formula is C18H27N3S. The second-order valence-corrected chi connectivity index (χ2v) is 6.87. The summed E-state index contributed by atoms with van der Waals surface area (Å²) < 4.78 is 2.42. The van der Waals surface area contributed by atoms with Crippen molar-refractivity contribution in [2.75, 3.05) is 12.3 Å². The fourth-order valence-electron chi connectivity index (χ4n) is 2.56. The van der Waals surface area contributed by atoms with Gasteiger partial charge < -0.3 is 10.3 Å². The SMILES string of the molecule is CCCCn1c(C(C)C)nc(SCCN)c1-c1ccccc1. The van der Waals surface area contributed by atoms with Gasteiger partial charge in [-0.15, -0.1) is 11.8 Å². The maximum Gasteiger partial charge on any atom is 0.123 e. The van der Waals surface area contributed by atoms with Gasteiger partial charge in [0.1, 0.15) is 10.9 Å². The molecule has 0 saturated heterocycles. The molecule has 2 rings (SSSR count). The summed E-state index contributed by atoms with van der Waals surface area (Å²) in [6.45, 7) is 8.38. The Kier molecular flexibility index (Phi) is 6.52. The molecule has 120 valence electrons. The quantitative estimate of drug-likeness (QED) is 0.728. The molecule has 0 aliphatic heterocycles. The van der Waals surface area contributed by atoms with Crippen LogP contribution in [0.15, 0.2) is 35.4 Å². The van der Waals surface area contributed by atoms with Gasteiger partial charge in [0.15, 0.2) is 0 Å². The minimum Gasteiger partial charge on any atom is -0.330 e. The Labute approximate surface area is 138 Å². The number of rotatable bonds is 8. The fourth-order valence-corrected chi connectivity index (χ4v) is 3.40. The number of benzene rings is 1. The maximum atomic E-state index is 5.69. The van der Waals surface area contributed by atoms with Crippen LogP contribution in [-0.4, -0.2) is 21.8 Å². The van der Waals surface area contributed by atoms with Crippen LogP contribution in [0.1, 0.15) is 45.4 Å². The van der Waals surface area contributed by atoms with E-state index in [9.17, 15) is 0 Å². The van der Waals surface area contributed by atoms with Crippen LogP contribution >= 0.6 is 11.8 Å². The normalized spacial score (nSPS) is 11.3. The number of unbranched alkanes of at least 4 members (excludes halogenated alkanes) is 1. The third-order valence-electron chi connectivity index (χ3n) is 3.62. The first kappa shape index (κ1) is 17.1. The zero-order chi connectivity index (χ0) is 15.9. The van der Waals surface area contributed by atoms with Gasteiger partial charge >= 0.3 is 0 Å². The van der Waals surface area contributed by atoms with Crippen molar-refractivity contribution in [1.82, 2.24) is 9.55 Å². The predicted molar refractivity (Wildman–Crippen MR) is 96.4 cm³/mol. The van der Waals surface area contributed by atoms with Crippen molar-refractivity contribution in [3.63, 3.8) is 0 Å². The summed E-state index contributed by atoms with van der Waals surface area (Å²) >= 11 is 1.77. The summed E-state index contributed by atoms with van der Waals surface area (Å²) in [4.78, 5) is 4.95. The minimum absolute atomic E-state index is 0.423. The Morgan fingerprint density at radius 3 is 2.55 bits per heavy atom. The molecule has 0 aliphatic rings. The van der Waals surface area contributed by atoms with E-state index in [4.69, 9.17) is 10.7 Å². The van der Waals surface area contributed by atoms with Crippen molar-refractivity contribution in [2.45, 2.75) is 51.1 Å². The molecule has 0 radical (unpaired) electrons. The summed E-state index contributed by atoms with van der Waals surface area (Å²) in [6.07, 6.45) is 2.37. The molecule has 0 atom stereocenters. The maximum absolute atomic E-state index is 5.69. The van der Waals surface area contributed by atoms with Gasteiger partial charge in [0.2, 0.25) is 0 Å². The van der Waals surface area contributed by atoms with Crippen molar-refractivity contribution in [3.05, 3.63) is 36.2 Å². The highest BCUT2D eigenvalue weighted by Crippen LogP contribution is 2.34. The molecule has 0 spiro atoms. The molecule has 1 heterocycles. The molecule has 0 saturated carbocycles. The van der Waals surface area contributed by atoms with Gasteiger partial charge in [-0.25, -0.2) is 4.98 Å². The summed E-state index contributed by atoms with van der Waals surface area (Å²) in [5.74, 6) is 2.51. The van der Waals surface area contributed by atoms with Crippen LogP contribution in [0.4, 0.5) is 0 Å². The van der Waals surface area contributed by atoms with E-state index in [0.717, 1.165) is 17.3 Å². The van der Waals surface area contributed by atoms with Gasteiger partial charge in [-0.1, -0.05) is 57.5 Å². The Morgan fingerprint density at radius 2 is 1.95 bits per heavy atom. The summed E-state index contributed by atoms with van der Waals surface area (Å²) in [5, 5.41) is 1.12. The molecule has 0 bridgehead atoms. The molecule has 3 nitrogen and oxygen atoms in total. The Bertz CT molecular complexity index is 576. The predicted octanol–water partition coefficient (Wildman–Crippen LogP) is 4.52. The first-order valence-corrected chi connectivity index (χ1v) is 9.16. The first-order valence-electron chi connectivity index (χ1n) is 8.17. The van der Waals surface area contributed by atoms with E-state index in [1.165, 1.54) is 29.9 Å². The average molecular weight is 318 g/mol. The molecular weight excluding hydrogens is 290 g/mol. The second-order valence-electron chi connectivity index (χ2n) is 5.79. The van der Waals surface area contributed by atoms with Crippen molar-refractivity contribution in [1.29, 1.82) is 0 Å². The molecule has 0 amide bonds. The molecule has 22 heavy (non-hydrogen) atoms. The molecule has 1 aromatic heterocycles. The summed E-state index contributed by atoms with van der Waals surface area (Å²) in [6, 6.07) is 10.6. The number of imidazole rings is 1. The summed E-state index contributed by atoms with van der Waals surface area (Å²) in [7, 11) is 0. The summed E-state index contributed by atoms with van der Waals surface area (Å²) in [5.41, 5.74) is 8.20. The van der Waals surface area contributed by atoms with Crippen molar-refractivity contribution in [2.24, 2.45) is 5.73 Å². The lowest BCUT2D eigenvalue weighted by Crippen LogP contribution is -2.07. The van der Waals surface area contributed by atoms with E-state index >= 15 is 0 Å². The first-order chi connectivity index (χ1) is 10.7. The van der Waals surface area contributed by atoms with E-state index < -0.39 is 0 Å². The zero-order valence-corrected chi connectivity index (χ0v) is 14.7. The highest BCUT2D eigenvalue weighted by molar-refractivity contribution is 7.99. The van der Waals surface area contributed by atoms with Crippen LogP contribution in [0.5, 0.6) is 0 Å². The van der Waals surface area contributed by atoms with Crippen molar-refractivity contribution in [3.8, 4) is 11.3 Å². The molecule has 4 heteroatoms. The molecule has 1 aromatic carbocycles. The number of thioether (sulfide) groups is 1. The number of nitrogens with zero attached hydrogens (tertiary/aromatic N) is 2. The lowest BCUT2D eigenvalue weighted by atomic mass is 10.1. The van der Waals surface area contributed by atoms with Crippen LogP contribution in [0.3, 0.4) is 0 Å². The highest BCUT2D eigenvalue weighted by Gasteiger charge is 2.20. The van der Waals surface area contributed by atoms with Crippen LogP contribution in [0, 0.1) is 0 Å². The number of nitrogens with two attached hydrogens (primary N) is 1. The highest BCUT2D eigenvalue weighted by atomic mass is 32.2. The van der Waals surface area contributed by atoms with E-state index in [2.05, 4.69) is 55.7 Å². The molecule has 0 fully saturated rings. The standard InChI is InChI=1S/C18H27N3S/c1-4-5-12-21-16(15-9-7-6-8-10-15)18(22-13-11-19)20-17(21)14(2)3/h6-10,14H,4-5,11-13,19H2,1-3H3. The van der Waals surface area contributed by atoms with Gasteiger partial charge in [0, 0.05) is 30.3 Å². The smallest absolute Gasteiger partial charge is 0.123 e. The second kappa shape index (κ2) is 8.39. The third-order valence-corrected chi connectivity index (χ3v) is 4.62. The average Bonchev–Trinajstić information content (AvgIpc) is 2.90. The number of hydrogen-bond donors (Lipinski definition) is 1. The van der Waals surface area contributed by atoms with E-state index in [1.807, 2.05) is 0 Å². The number of hydrogen-bond acceptors (Lipinski definition) is 3. The van der Waals surface area contributed by atoms with Crippen LogP contribution < -0.4 is 5.73 Å². The topological polar surface area (TPSA) is 43.8 Å². The van der Waals surface area contributed by atoms with Gasteiger partial charge in [0.25, 0.3) is 0 Å². The molecule has 0 aliphatic carbocycles. The largest absolute Gasteiger partial charge is 0.330 e. The fraction of sp³-hybridized carbons (Fsp3) is 0.500. The van der Waals surface area contributed by atoms with E-state index in [1.54, 1.807) is 11.8 Å². The van der Waals surface area contributed by atoms with Crippen LogP contribution in [0.25, 0.3) is 11.3 Å². The van der Waals surface area contributed by atoms with Gasteiger partial charge in [-0.05, 0) is 6.42 Å². The lowest BCUT2D eigenvalue weighted by molar-refractivity contribution is 0.587. The van der Waals surface area contributed by atoms with Crippen molar-refractivity contribution < 1.29 is 0 Å². The minimum atomic E-state index is 0.423. The van der Waals surface area contributed by atoms with Gasteiger partial charge in [-0.3, -0.25) is 0 Å². The third kappa shape index (κ3) is 3.93. The van der Waals surface area contributed by atoms with Gasteiger partial charge in [-0.2, -0.15) is 0 Å².